The molecule has 4 rings (SSSR count). The van der Waals surface area contributed by atoms with E-state index in [-0.39, 0.29) is 5.91 Å². The molecule has 2 N–H and O–H groups in total. The van der Waals surface area contributed by atoms with E-state index in [0.717, 1.165) is 55.0 Å². The molecule has 3 aromatic rings. The van der Waals surface area contributed by atoms with E-state index >= 15 is 0 Å². The Labute approximate surface area is 184 Å². The Kier molecular flexibility index (Phi) is 6.52. The van der Waals surface area contributed by atoms with Crippen LogP contribution in [0.1, 0.15) is 72.6 Å². The van der Waals surface area contributed by atoms with Crippen LogP contribution in [0.15, 0.2) is 54.7 Å². The number of para-hydroxylation sites is 1. The average Bonchev–Trinajstić information content (AvgIpc) is 3.25. The summed E-state index contributed by atoms with van der Waals surface area (Å²) in [6.07, 6.45) is 4.61. The van der Waals surface area contributed by atoms with Crippen molar-refractivity contribution in [3.63, 3.8) is 0 Å². The summed E-state index contributed by atoms with van der Waals surface area (Å²) in [5.74, 6) is 0.700. The minimum Gasteiger partial charge on any atom is -0.322 e. The fraction of sp³-hybridized carbons (Fsp3) is 0.385. The van der Waals surface area contributed by atoms with Crippen LogP contribution in [0.25, 0.3) is 5.69 Å². The van der Waals surface area contributed by atoms with Crippen LogP contribution >= 0.6 is 0 Å². The maximum Gasteiger partial charge on any atom is 0.259 e. The Morgan fingerprint density at radius 2 is 1.84 bits per heavy atom. The number of carbonyl (C=O) groups excluding carboxylic acids is 1. The molecule has 5 heteroatoms. The van der Waals surface area contributed by atoms with Crippen LogP contribution in [0.2, 0.25) is 0 Å². The number of anilines is 1. The summed E-state index contributed by atoms with van der Waals surface area (Å²) in [5.41, 5.74) is 6.01. The number of benzene rings is 2. The summed E-state index contributed by atoms with van der Waals surface area (Å²) in [5, 5.41) is 11.2. The normalized spacial score (nSPS) is 14.7. The van der Waals surface area contributed by atoms with E-state index < -0.39 is 0 Å². The number of aromatic nitrogens is 2. The van der Waals surface area contributed by atoms with E-state index in [1.807, 2.05) is 22.9 Å². The van der Waals surface area contributed by atoms with Crippen molar-refractivity contribution in [2.24, 2.45) is 0 Å². The van der Waals surface area contributed by atoms with Gasteiger partial charge in [0.05, 0.1) is 23.1 Å². The molecule has 2 aromatic carbocycles. The summed E-state index contributed by atoms with van der Waals surface area (Å²) in [6.45, 7) is 8.41. The molecule has 0 radical (unpaired) electrons. The zero-order chi connectivity index (χ0) is 21.8. The van der Waals surface area contributed by atoms with Crippen LogP contribution in [-0.4, -0.2) is 28.8 Å². The molecule has 31 heavy (non-hydrogen) atoms. The molecule has 1 aliphatic rings. The Bertz CT molecular complexity index is 1030. The lowest BCUT2D eigenvalue weighted by molar-refractivity contribution is 0.102. The molecule has 1 saturated heterocycles. The molecular formula is C26H32N4O. The van der Waals surface area contributed by atoms with Gasteiger partial charge < -0.3 is 10.6 Å². The zero-order valence-corrected chi connectivity index (χ0v) is 18.7. The predicted molar refractivity (Wildman–Crippen MR) is 126 cm³/mol. The van der Waals surface area contributed by atoms with E-state index in [0.29, 0.717) is 17.4 Å². The third-order valence-corrected chi connectivity index (χ3v) is 6.23. The minimum absolute atomic E-state index is 0.0838. The van der Waals surface area contributed by atoms with Gasteiger partial charge in [-0.15, -0.1) is 0 Å². The first-order valence-corrected chi connectivity index (χ1v) is 11.4. The van der Waals surface area contributed by atoms with Gasteiger partial charge in [0.15, 0.2) is 0 Å². The fourth-order valence-corrected chi connectivity index (χ4v) is 4.37. The lowest BCUT2D eigenvalue weighted by atomic mass is 9.91. The SMILES string of the molecule is CCc1ccccc1NC(=O)c1cnn(-c2ccc(C(C)C)cc2)c1C1CCNCC1. The molecule has 1 amide bonds. The molecule has 2 heterocycles. The highest BCUT2D eigenvalue weighted by atomic mass is 16.1. The average molecular weight is 417 g/mol. The van der Waals surface area contributed by atoms with Crippen LogP contribution in [0.3, 0.4) is 0 Å². The molecule has 1 aromatic heterocycles. The summed E-state index contributed by atoms with van der Waals surface area (Å²) < 4.78 is 1.97. The van der Waals surface area contributed by atoms with Crippen LogP contribution in [0.5, 0.6) is 0 Å². The van der Waals surface area contributed by atoms with Crippen molar-refractivity contribution < 1.29 is 4.79 Å². The van der Waals surface area contributed by atoms with Gasteiger partial charge in [0, 0.05) is 11.6 Å². The largest absolute Gasteiger partial charge is 0.322 e. The van der Waals surface area contributed by atoms with Crippen molar-refractivity contribution >= 4 is 11.6 Å². The Morgan fingerprint density at radius 1 is 1.13 bits per heavy atom. The van der Waals surface area contributed by atoms with Gasteiger partial charge in [-0.1, -0.05) is 51.1 Å². The Hall–Kier alpha value is -2.92. The molecule has 0 bridgehead atoms. The first-order valence-electron chi connectivity index (χ1n) is 11.4. The number of aryl methyl sites for hydroxylation is 1. The van der Waals surface area contributed by atoms with Crippen LogP contribution in [0.4, 0.5) is 5.69 Å². The van der Waals surface area contributed by atoms with Gasteiger partial charge in [0.2, 0.25) is 0 Å². The Balaban J connectivity index is 1.71. The summed E-state index contributed by atoms with van der Waals surface area (Å²) >= 11 is 0. The van der Waals surface area contributed by atoms with Crippen molar-refractivity contribution in [2.75, 3.05) is 18.4 Å². The van der Waals surface area contributed by atoms with E-state index in [4.69, 9.17) is 0 Å². The highest BCUT2D eigenvalue weighted by Crippen LogP contribution is 2.31. The highest BCUT2D eigenvalue weighted by Gasteiger charge is 2.27. The molecule has 0 atom stereocenters. The number of amides is 1. The summed E-state index contributed by atoms with van der Waals surface area (Å²) in [4.78, 5) is 13.4. The second-order valence-electron chi connectivity index (χ2n) is 8.59. The summed E-state index contributed by atoms with van der Waals surface area (Å²) in [7, 11) is 0. The second-order valence-corrected chi connectivity index (χ2v) is 8.59. The molecule has 5 nitrogen and oxygen atoms in total. The zero-order valence-electron chi connectivity index (χ0n) is 18.7. The number of carbonyl (C=O) groups is 1. The molecule has 0 unspecified atom stereocenters. The molecule has 0 saturated carbocycles. The van der Waals surface area contributed by atoms with Crippen LogP contribution in [0, 0.1) is 0 Å². The smallest absolute Gasteiger partial charge is 0.259 e. The van der Waals surface area contributed by atoms with Crippen molar-refractivity contribution in [2.45, 2.75) is 51.9 Å². The van der Waals surface area contributed by atoms with Crippen LogP contribution in [-0.2, 0) is 6.42 Å². The molecule has 162 valence electrons. The lowest BCUT2D eigenvalue weighted by Crippen LogP contribution is -2.29. The predicted octanol–water partition coefficient (Wildman–Crippen LogP) is 5.28. The van der Waals surface area contributed by atoms with Crippen molar-refractivity contribution in [1.29, 1.82) is 0 Å². The monoisotopic (exact) mass is 416 g/mol. The van der Waals surface area contributed by atoms with Crippen molar-refractivity contribution in [3.8, 4) is 5.69 Å². The van der Waals surface area contributed by atoms with Gasteiger partial charge >= 0.3 is 0 Å². The third kappa shape index (κ3) is 4.57. The van der Waals surface area contributed by atoms with Crippen LogP contribution < -0.4 is 10.6 Å². The van der Waals surface area contributed by atoms with Gasteiger partial charge in [-0.2, -0.15) is 5.10 Å². The first kappa shape index (κ1) is 21.3. The summed E-state index contributed by atoms with van der Waals surface area (Å²) in [6, 6.07) is 16.5. The number of nitrogens with one attached hydrogen (secondary N) is 2. The molecule has 1 fully saturated rings. The van der Waals surface area contributed by atoms with Gasteiger partial charge in [-0.3, -0.25) is 4.79 Å². The minimum atomic E-state index is -0.0838. The second kappa shape index (κ2) is 9.48. The molecular weight excluding hydrogens is 384 g/mol. The van der Waals surface area contributed by atoms with Crippen molar-refractivity contribution in [3.05, 3.63) is 77.1 Å². The van der Waals surface area contributed by atoms with Crippen molar-refractivity contribution in [1.82, 2.24) is 15.1 Å². The van der Waals surface area contributed by atoms with E-state index in [9.17, 15) is 4.79 Å². The first-order chi connectivity index (χ1) is 15.1. The molecule has 1 aliphatic heterocycles. The highest BCUT2D eigenvalue weighted by molar-refractivity contribution is 6.05. The number of nitrogens with zero attached hydrogens (tertiary/aromatic N) is 2. The number of hydrogen-bond acceptors (Lipinski definition) is 3. The molecule has 0 aliphatic carbocycles. The topological polar surface area (TPSA) is 59.0 Å². The van der Waals surface area contributed by atoms with Gasteiger partial charge in [0.25, 0.3) is 5.91 Å². The van der Waals surface area contributed by atoms with E-state index in [2.05, 4.69) is 66.8 Å². The maximum absolute atomic E-state index is 13.4. The number of hydrogen-bond donors (Lipinski definition) is 2. The standard InChI is InChI=1S/C26H32N4O/c1-4-19-7-5-6-8-24(19)29-26(31)23-17-28-30(25(23)21-13-15-27-16-14-21)22-11-9-20(10-12-22)18(2)3/h5-12,17-18,21,27H,4,13-16H2,1-3H3,(H,29,31). The molecule has 0 spiro atoms. The van der Waals surface area contributed by atoms with Gasteiger partial charge in [0.1, 0.15) is 0 Å². The Morgan fingerprint density at radius 3 is 2.52 bits per heavy atom. The lowest BCUT2D eigenvalue weighted by Gasteiger charge is -2.25. The van der Waals surface area contributed by atoms with E-state index in [1.54, 1.807) is 6.20 Å². The number of piperidine rings is 1. The van der Waals surface area contributed by atoms with Gasteiger partial charge in [-0.05, 0) is 67.6 Å². The van der Waals surface area contributed by atoms with E-state index in [1.165, 1.54) is 5.56 Å². The van der Waals surface area contributed by atoms with Gasteiger partial charge in [-0.25, -0.2) is 4.68 Å². The maximum atomic E-state index is 13.4. The quantitative estimate of drug-likeness (QED) is 0.575. The third-order valence-electron chi connectivity index (χ3n) is 6.23. The fourth-order valence-electron chi connectivity index (χ4n) is 4.37. The number of rotatable bonds is 6.